The van der Waals surface area contributed by atoms with Gasteiger partial charge in [0.2, 0.25) is 0 Å². The lowest BCUT2D eigenvalue weighted by atomic mass is 10.1. The van der Waals surface area contributed by atoms with Crippen molar-refractivity contribution >= 4 is 51.9 Å². The number of nitro benzene ring substituents is 2. The van der Waals surface area contributed by atoms with E-state index in [4.69, 9.17) is 23.8 Å². The lowest BCUT2D eigenvalue weighted by molar-refractivity contribution is -0.394. The van der Waals surface area contributed by atoms with Gasteiger partial charge in [-0.3, -0.25) is 30.3 Å². The number of hydrogen-bond donors (Lipinski definition) is 2. The lowest BCUT2D eigenvalue weighted by Crippen LogP contribution is -2.34. The highest BCUT2D eigenvalue weighted by molar-refractivity contribution is 7.80. The van der Waals surface area contributed by atoms with Gasteiger partial charge in [0.15, 0.2) is 5.11 Å². The Morgan fingerprint density at radius 3 is 2.15 bits per heavy atom. The second-order valence-electron chi connectivity index (χ2n) is 4.79. The van der Waals surface area contributed by atoms with Crippen LogP contribution >= 0.6 is 23.8 Å². The van der Waals surface area contributed by atoms with E-state index in [1.807, 2.05) is 0 Å². The van der Waals surface area contributed by atoms with Crippen molar-refractivity contribution in [2.45, 2.75) is 0 Å². The Morgan fingerprint density at radius 1 is 1.08 bits per heavy atom. The zero-order chi connectivity index (χ0) is 19.4. The summed E-state index contributed by atoms with van der Waals surface area (Å²) < 4.78 is 13.1. The number of carbonyl (C=O) groups excluding carboxylic acids is 1. The molecule has 0 aromatic heterocycles. The predicted octanol–water partition coefficient (Wildman–Crippen LogP) is 3.42. The summed E-state index contributed by atoms with van der Waals surface area (Å²) in [6.45, 7) is 0. The number of halogens is 2. The van der Waals surface area contributed by atoms with Crippen molar-refractivity contribution < 1.29 is 19.0 Å². The van der Waals surface area contributed by atoms with Crippen LogP contribution in [0.4, 0.5) is 21.5 Å². The molecule has 12 heteroatoms. The summed E-state index contributed by atoms with van der Waals surface area (Å²) in [5, 5.41) is 26.1. The summed E-state index contributed by atoms with van der Waals surface area (Å²) in [6, 6.07) is 6.11. The van der Waals surface area contributed by atoms with Gasteiger partial charge >= 0.3 is 0 Å². The standard InChI is InChI=1S/C14H8ClFN4O5S/c15-11-5-8(1-2-12(11)16)17-14(26)18-13(21)7-3-9(19(22)23)6-10(4-7)20(24)25/h1-6H,(H2,17,18,21,26). The topological polar surface area (TPSA) is 127 Å². The molecule has 9 nitrogen and oxygen atoms in total. The van der Waals surface area contributed by atoms with Gasteiger partial charge in [0.05, 0.1) is 26.5 Å². The second kappa shape index (κ2) is 7.80. The molecular formula is C14H8ClFN4O5S. The van der Waals surface area contributed by atoms with E-state index < -0.39 is 32.9 Å². The Morgan fingerprint density at radius 2 is 1.65 bits per heavy atom. The number of thiocarbonyl (C=S) groups is 1. The van der Waals surface area contributed by atoms with Crippen molar-refractivity contribution in [3.63, 3.8) is 0 Å². The quantitative estimate of drug-likeness (QED) is 0.458. The first-order valence-corrected chi connectivity index (χ1v) is 7.47. The molecule has 134 valence electrons. The molecule has 0 unspecified atom stereocenters. The molecule has 0 atom stereocenters. The first kappa shape index (κ1) is 19.1. The Bertz CT molecular complexity index is 907. The highest BCUT2D eigenvalue weighted by Gasteiger charge is 2.20. The first-order valence-electron chi connectivity index (χ1n) is 6.68. The van der Waals surface area contributed by atoms with Gasteiger partial charge in [-0.05, 0) is 30.4 Å². The number of non-ortho nitro benzene ring substituents is 2. The molecule has 26 heavy (non-hydrogen) atoms. The summed E-state index contributed by atoms with van der Waals surface area (Å²) in [6.07, 6.45) is 0. The fraction of sp³-hybridized carbons (Fsp3) is 0. The van der Waals surface area contributed by atoms with Gasteiger partial charge in [-0.15, -0.1) is 0 Å². The average molecular weight is 399 g/mol. The van der Waals surface area contributed by atoms with Gasteiger partial charge < -0.3 is 5.32 Å². The third-order valence-electron chi connectivity index (χ3n) is 2.99. The summed E-state index contributed by atoms with van der Waals surface area (Å²) in [4.78, 5) is 32.1. The van der Waals surface area contributed by atoms with Crippen molar-refractivity contribution in [2.75, 3.05) is 5.32 Å². The highest BCUT2D eigenvalue weighted by atomic mass is 35.5. The zero-order valence-electron chi connectivity index (χ0n) is 12.6. The largest absolute Gasteiger partial charge is 0.332 e. The van der Waals surface area contributed by atoms with E-state index in [-0.39, 0.29) is 21.4 Å². The molecule has 0 aliphatic carbocycles. The van der Waals surface area contributed by atoms with Crippen LogP contribution in [0.2, 0.25) is 5.02 Å². The Kier molecular flexibility index (Phi) is 5.75. The van der Waals surface area contributed by atoms with Crippen molar-refractivity contribution in [3.05, 3.63) is 73.0 Å². The first-order chi connectivity index (χ1) is 12.2. The van der Waals surface area contributed by atoms with Crippen LogP contribution in [0.1, 0.15) is 10.4 Å². The van der Waals surface area contributed by atoms with E-state index in [9.17, 15) is 29.4 Å². The van der Waals surface area contributed by atoms with Crippen LogP contribution in [0, 0.1) is 26.0 Å². The van der Waals surface area contributed by atoms with Crippen LogP contribution < -0.4 is 10.6 Å². The van der Waals surface area contributed by atoms with Crippen LogP contribution in [0.15, 0.2) is 36.4 Å². The number of anilines is 1. The maximum atomic E-state index is 13.1. The van der Waals surface area contributed by atoms with E-state index in [1.54, 1.807) is 0 Å². The van der Waals surface area contributed by atoms with E-state index in [0.29, 0.717) is 0 Å². The molecule has 1 amide bonds. The number of nitrogens with one attached hydrogen (secondary N) is 2. The molecular weight excluding hydrogens is 391 g/mol. The molecule has 2 rings (SSSR count). The molecule has 2 N–H and O–H groups in total. The Hall–Kier alpha value is -3.18. The molecule has 0 aliphatic rings. The SMILES string of the molecule is O=C(NC(=S)Nc1ccc(F)c(Cl)c1)c1cc([N+](=O)[O-])cc([N+](=O)[O-])c1. The van der Waals surface area contributed by atoms with Crippen LogP contribution in [0.25, 0.3) is 0 Å². The minimum Gasteiger partial charge on any atom is -0.332 e. The van der Waals surface area contributed by atoms with Crippen molar-refractivity contribution in [1.82, 2.24) is 5.32 Å². The molecule has 0 radical (unpaired) electrons. The van der Waals surface area contributed by atoms with Crippen molar-refractivity contribution in [1.29, 1.82) is 0 Å². The van der Waals surface area contributed by atoms with Gasteiger partial charge in [0, 0.05) is 17.8 Å². The molecule has 0 fully saturated rings. The van der Waals surface area contributed by atoms with Crippen molar-refractivity contribution in [3.8, 4) is 0 Å². The second-order valence-corrected chi connectivity index (χ2v) is 5.60. The number of amides is 1. The predicted molar refractivity (Wildman–Crippen MR) is 94.8 cm³/mol. The minimum absolute atomic E-state index is 0.168. The third kappa shape index (κ3) is 4.68. The molecule has 0 spiro atoms. The number of benzene rings is 2. The summed E-state index contributed by atoms with van der Waals surface area (Å²) >= 11 is 10.5. The summed E-state index contributed by atoms with van der Waals surface area (Å²) in [5.41, 5.74) is -1.28. The highest BCUT2D eigenvalue weighted by Crippen LogP contribution is 2.23. The Labute approximate surface area is 155 Å². The maximum Gasteiger partial charge on any atom is 0.277 e. The van der Waals surface area contributed by atoms with Crippen LogP contribution in [0.5, 0.6) is 0 Å². The molecule has 0 bridgehead atoms. The smallest absolute Gasteiger partial charge is 0.277 e. The zero-order valence-corrected chi connectivity index (χ0v) is 14.1. The maximum absolute atomic E-state index is 13.1. The molecule has 2 aromatic rings. The monoisotopic (exact) mass is 398 g/mol. The fourth-order valence-corrected chi connectivity index (χ4v) is 2.24. The average Bonchev–Trinajstić information content (AvgIpc) is 2.57. The molecule has 0 aliphatic heterocycles. The van der Waals surface area contributed by atoms with Gasteiger partial charge in [0.1, 0.15) is 5.82 Å². The summed E-state index contributed by atoms with van der Waals surface area (Å²) in [7, 11) is 0. The third-order valence-corrected chi connectivity index (χ3v) is 3.48. The lowest BCUT2D eigenvalue weighted by Gasteiger charge is -2.10. The fourth-order valence-electron chi connectivity index (χ4n) is 1.85. The van der Waals surface area contributed by atoms with Gasteiger partial charge in [0.25, 0.3) is 17.3 Å². The molecule has 2 aromatic carbocycles. The van der Waals surface area contributed by atoms with E-state index in [1.165, 1.54) is 12.1 Å². The van der Waals surface area contributed by atoms with Gasteiger partial charge in [-0.25, -0.2) is 4.39 Å². The number of carbonyl (C=O) groups is 1. The molecule has 0 saturated heterocycles. The minimum atomic E-state index is -0.900. The van der Waals surface area contributed by atoms with Crippen LogP contribution in [-0.4, -0.2) is 20.9 Å². The van der Waals surface area contributed by atoms with Crippen LogP contribution in [-0.2, 0) is 0 Å². The van der Waals surface area contributed by atoms with Crippen molar-refractivity contribution in [2.24, 2.45) is 0 Å². The van der Waals surface area contributed by atoms with E-state index in [2.05, 4.69) is 10.6 Å². The summed E-state index contributed by atoms with van der Waals surface area (Å²) in [5.74, 6) is -1.54. The molecule has 0 heterocycles. The van der Waals surface area contributed by atoms with Gasteiger partial charge in [-0.2, -0.15) is 0 Å². The van der Waals surface area contributed by atoms with E-state index in [0.717, 1.165) is 24.3 Å². The normalized spacial score (nSPS) is 10.1. The number of hydrogen-bond acceptors (Lipinski definition) is 6. The molecule has 0 saturated carbocycles. The van der Waals surface area contributed by atoms with Crippen LogP contribution in [0.3, 0.4) is 0 Å². The Balaban J connectivity index is 2.18. The van der Waals surface area contributed by atoms with Gasteiger partial charge in [-0.1, -0.05) is 11.6 Å². The number of rotatable bonds is 4. The number of nitro groups is 2. The van der Waals surface area contributed by atoms with E-state index >= 15 is 0 Å². The number of nitrogens with zero attached hydrogens (tertiary/aromatic N) is 2.